The molecule has 0 aromatic heterocycles. The molecule has 0 heterocycles. The van der Waals surface area contributed by atoms with Crippen molar-refractivity contribution < 1.29 is 14.3 Å². The molecule has 15 heavy (non-hydrogen) atoms. The fourth-order valence-corrected chi connectivity index (χ4v) is 1.97. The van der Waals surface area contributed by atoms with Gasteiger partial charge in [-0.2, -0.15) is 0 Å². The lowest BCUT2D eigenvalue weighted by Crippen LogP contribution is -2.42. The van der Waals surface area contributed by atoms with Crippen LogP contribution in [0.25, 0.3) is 0 Å². The van der Waals surface area contributed by atoms with Gasteiger partial charge in [-0.1, -0.05) is 12.8 Å². The average Bonchev–Trinajstić information content (AvgIpc) is 2.42. The number of hydrogen-bond acceptors (Lipinski definition) is 4. The maximum Gasteiger partial charge on any atom is 0.323 e. The third-order valence-corrected chi connectivity index (χ3v) is 2.84. The lowest BCUT2D eigenvalue weighted by atomic mass is 9.91. The Bertz CT molecular complexity index is 240. The predicted octanol–water partition coefficient (Wildman–Crippen LogP) is 1.03. The fourth-order valence-electron chi connectivity index (χ4n) is 1.97. The van der Waals surface area contributed by atoms with Crippen LogP contribution < -0.4 is 5.73 Å². The summed E-state index contributed by atoms with van der Waals surface area (Å²) in [5.41, 5.74) is 5.74. The van der Waals surface area contributed by atoms with Crippen molar-refractivity contribution in [1.29, 1.82) is 0 Å². The van der Waals surface area contributed by atoms with Crippen LogP contribution in [0, 0.1) is 5.92 Å². The van der Waals surface area contributed by atoms with Crippen molar-refractivity contribution in [2.45, 2.75) is 45.1 Å². The lowest BCUT2D eigenvalue weighted by Gasteiger charge is -2.19. The molecule has 0 saturated heterocycles. The molecule has 1 aliphatic rings. The summed E-state index contributed by atoms with van der Waals surface area (Å²) in [5, 5.41) is 0. The number of ketones is 1. The van der Waals surface area contributed by atoms with Crippen LogP contribution in [0.1, 0.15) is 39.0 Å². The van der Waals surface area contributed by atoms with Crippen LogP contribution in [0.4, 0.5) is 0 Å². The Morgan fingerprint density at radius 3 is 2.93 bits per heavy atom. The van der Waals surface area contributed by atoms with E-state index >= 15 is 0 Å². The summed E-state index contributed by atoms with van der Waals surface area (Å²) in [6.07, 6.45) is 4.22. The van der Waals surface area contributed by atoms with Gasteiger partial charge in [-0.05, 0) is 19.8 Å². The minimum Gasteiger partial charge on any atom is -0.465 e. The molecular formula is C11H19NO3. The molecule has 4 heteroatoms. The zero-order valence-corrected chi connectivity index (χ0v) is 9.20. The second kappa shape index (κ2) is 5.85. The first-order valence-electron chi connectivity index (χ1n) is 5.61. The van der Waals surface area contributed by atoms with Gasteiger partial charge in [0.25, 0.3) is 0 Å². The summed E-state index contributed by atoms with van der Waals surface area (Å²) in [6, 6.07) is -0.768. The number of esters is 1. The van der Waals surface area contributed by atoms with E-state index in [1.165, 1.54) is 0 Å². The summed E-state index contributed by atoms with van der Waals surface area (Å²) >= 11 is 0. The van der Waals surface area contributed by atoms with Crippen molar-refractivity contribution in [2.75, 3.05) is 6.61 Å². The number of nitrogens with two attached hydrogens (primary N) is 1. The second-order valence-electron chi connectivity index (χ2n) is 3.95. The van der Waals surface area contributed by atoms with Crippen LogP contribution in [0.5, 0.6) is 0 Å². The van der Waals surface area contributed by atoms with Crippen LogP contribution in [0.2, 0.25) is 0 Å². The Hall–Kier alpha value is -0.900. The topological polar surface area (TPSA) is 69.4 Å². The van der Waals surface area contributed by atoms with Crippen molar-refractivity contribution in [2.24, 2.45) is 11.7 Å². The highest BCUT2D eigenvalue weighted by Crippen LogP contribution is 2.22. The Morgan fingerprint density at radius 1 is 1.53 bits per heavy atom. The molecule has 0 spiro atoms. The van der Waals surface area contributed by atoms with E-state index in [2.05, 4.69) is 0 Å². The van der Waals surface area contributed by atoms with Gasteiger partial charge in [0.05, 0.1) is 6.61 Å². The Balaban J connectivity index is 2.58. The largest absolute Gasteiger partial charge is 0.465 e. The van der Waals surface area contributed by atoms with E-state index in [1.807, 2.05) is 0 Å². The molecule has 0 unspecified atom stereocenters. The minimum absolute atomic E-state index is 0.119. The monoisotopic (exact) mass is 213 g/mol. The Kier molecular flexibility index (Phi) is 4.75. The summed E-state index contributed by atoms with van der Waals surface area (Å²) in [6.45, 7) is 2.05. The van der Waals surface area contributed by atoms with Gasteiger partial charge in [0.1, 0.15) is 11.8 Å². The highest BCUT2D eigenvalue weighted by atomic mass is 16.5. The van der Waals surface area contributed by atoms with Crippen molar-refractivity contribution in [3.05, 3.63) is 0 Å². The van der Waals surface area contributed by atoms with E-state index in [4.69, 9.17) is 10.5 Å². The van der Waals surface area contributed by atoms with E-state index in [9.17, 15) is 9.59 Å². The van der Waals surface area contributed by atoms with Gasteiger partial charge in [-0.3, -0.25) is 9.59 Å². The molecule has 0 amide bonds. The van der Waals surface area contributed by atoms with E-state index in [0.717, 1.165) is 25.7 Å². The molecule has 2 N–H and O–H groups in total. The third-order valence-electron chi connectivity index (χ3n) is 2.84. The molecule has 1 fully saturated rings. The number of Topliss-reactive ketones (excluding diaryl/α,β-unsaturated/α-hetero) is 1. The van der Waals surface area contributed by atoms with Gasteiger partial charge < -0.3 is 10.5 Å². The molecule has 2 atom stereocenters. The first-order valence-corrected chi connectivity index (χ1v) is 5.61. The van der Waals surface area contributed by atoms with Crippen LogP contribution >= 0.6 is 0 Å². The quantitative estimate of drug-likeness (QED) is 0.561. The molecule has 0 bridgehead atoms. The number of hydrogen-bond donors (Lipinski definition) is 1. The number of ether oxygens (including phenoxy) is 1. The van der Waals surface area contributed by atoms with Crippen molar-refractivity contribution in [1.82, 2.24) is 0 Å². The first-order chi connectivity index (χ1) is 7.16. The minimum atomic E-state index is -0.768. The summed E-state index contributed by atoms with van der Waals surface area (Å²) in [5.74, 6) is -0.655. The predicted molar refractivity (Wildman–Crippen MR) is 56.2 cm³/mol. The van der Waals surface area contributed by atoms with Crippen LogP contribution in [-0.2, 0) is 14.3 Å². The van der Waals surface area contributed by atoms with Crippen LogP contribution in [0.3, 0.4) is 0 Å². The van der Waals surface area contributed by atoms with E-state index in [-0.39, 0.29) is 11.7 Å². The SMILES string of the molecule is CCOC(=O)[C@@H](N)[C@@H]1CCCCCC1=O. The van der Waals surface area contributed by atoms with Gasteiger partial charge in [-0.15, -0.1) is 0 Å². The van der Waals surface area contributed by atoms with E-state index < -0.39 is 12.0 Å². The Morgan fingerprint density at radius 2 is 2.27 bits per heavy atom. The van der Waals surface area contributed by atoms with E-state index in [1.54, 1.807) is 6.92 Å². The van der Waals surface area contributed by atoms with Gasteiger partial charge >= 0.3 is 5.97 Å². The summed E-state index contributed by atoms with van der Waals surface area (Å²) in [4.78, 5) is 23.1. The summed E-state index contributed by atoms with van der Waals surface area (Å²) < 4.78 is 4.83. The van der Waals surface area contributed by atoms with Gasteiger partial charge in [0, 0.05) is 12.3 Å². The lowest BCUT2D eigenvalue weighted by molar-refractivity contribution is -0.148. The number of carbonyl (C=O) groups is 2. The second-order valence-corrected chi connectivity index (χ2v) is 3.95. The Labute approximate surface area is 90.2 Å². The normalized spacial score (nSPS) is 24.4. The fraction of sp³-hybridized carbons (Fsp3) is 0.818. The maximum atomic E-state index is 11.7. The van der Waals surface area contributed by atoms with Gasteiger partial charge in [0.15, 0.2) is 0 Å². The van der Waals surface area contributed by atoms with Crippen LogP contribution in [-0.4, -0.2) is 24.4 Å². The summed E-state index contributed by atoms with van der Waals surface area (Å²) in [7, 11) is 0. The number of rotatable bonds is 3. The smallest absolute Gasteiger partial charge is 0.323 e. The molecule has 1 aliphatic carbocycles. The molecule has 0 aliphatic heterocycles. The highest BCUT2D eigenvalue weighted by Gasteiger charge is 2.31. The van der Waals surface area contributed by atoms with Gasteiger partial charge in [-0.25, -0.2) is 0 Å². The molecular weight excluding hydrogens is 194 g/mol. The van der Waals surface area contributed by atoms with Crippen molar-refractivity contribution in [3.8, 4) is 0 Å². The highest BCUT2D eigenvalue weighted by molar-refractivity contribution is 5.88. The zero-order valence-electron chi connectivity index (χ0n) is 9.20. The standard InChI is InChI=1S/C11H19NO3/c1-2-15-11(14)10(12)8-6-4-3-5-7-9(8)13/h8,10H,2-7,12H2,1H3/t8-,10+/m1/s1. The average molecular weight is 213 g/mol. The van der Waals surface area contributed by atoms with E-state index in [0.29, 0.717) is 13.0 Å². The van der Waals surface area contributed by atoms with Crippen LogP contribution in [0.15, 0.2) is 0 Å². The molecule has 4 nitrogen and oxygen atoms in total. The van der Waals surface area contributed by atoms with Crippen molar-refractivity contribution >= 4 is 11.8 Å². The van der Waals surface area contributed by atoms with Crippen molar-refractivity contribution in [3.63, 3.8) is 0 Å². The third kappa shape index (κ3) is 3.30. The first kappa shape index (κ1) is 12.2. The molecule has 1 saturated carbocycles. The molecule has 86 valence electrons. The zero-order chi connectivity index (χ0) is 11.3. The molecule has 0 aromatic carbocycles. The van der Waals surface area contributed by atoms with Gasteiger partial charge in [0.2, 0.25) is 0 Å². The number of carbonyl (C=O) groups excluding carboxylic acids is 2. The molecule has 0 aromatic rings. The molecule has 0 radical (unpaired) electrons. The molecule has 1 rings (SSSR count). The maximum absolute atomic E-state index is 11.7.